The van der Waals surface area contributed by atoms with Gasteiger partial charge in [-0.1, -0.05) is 6.07 Å². The first-order chi connectivity index (χ1) is 14.5. The molecule has 1 aliphatic rings. The number of aromatic nitrogens is 2. The number of rotatable bonds is 6. The van der Waals surface area contributed by atoms with Gasteiger partial charge in [-0.2, -0.15) is 0 Å². The number of anilines is 3. The molecule has 1 aliphatic heterocycles. The standard InChI is InChI=1S/C21H20FN7O/c22-15-9-12(21(30)29-17-3-1-2-7-26-17)4-5-14(15)19(23)18-16(6-8-27-20(18)24)28-13-10-25-11-13/h1-9,13,23,25H,10-11H2,(H3,24,27,28)(H,26,29,30). The predicted molar refractivity (Wildman–Crippen MR) is 113 cm³/mol. The van der Waals surface area contributed by atoms with Gasteiger partial charge in [-0.15, -0.1) is 0 Å². The number of hydrogen-bond acceptors (Lipinski definition) is 7. The van der Waals surface area contributed by atoms with Crippen LogP contribution in [-0.4, -0.2) is 40.7 Å². The van der Waals surface area contributed by atoms with Gasteiger partial charge in [0, 0.05) is 42.3 Å². The van der Waals surface area contributed by atoms with Gasteiger partial charge in [0.25, 0.3) is 5.91 Å². The SMILES string of the molecule is N=C(c1ccc(C(=O)Nc2ccccn2)cc1F)c1c(NC2CNC2)ccnc1N. The van der Waals surface area contributed by atoms with E-state index in [-0.39, 0.29) is 28.7 Å². The molecule has 30 heavy (non-hydrogen) atoms. The van der Waals surface area contributed by atoms with Gasteiger partial charge in [0.2, 0.25) is 0 Å². The summed E-state index contributed by atoms with van der Waals surface area (Å²) in [7, 11) is 0. The van der Waals surface area contributed by atoms with Crippen molar-refractivity contribution >= 4 is 28.9 Å². The van der Waals surface area contributed by atoms with E-state index in [1.54, 1.807) is 36.7 Å². The van der Waals surface area contributed by atoms with Gasteiger partial charge >= 0.3 is 0 Å². The first kappa shape index (κ1) is 19.5. The van der Waals surface area contributed by atoms with E-state index < -0.39 is 11.7 Å². The van der Waals surface area contributed by atoms with Crippen LogP contribution in [0.15, 0.2) is 54.9 Å². The highest BCUT2D eigenvalue weighted by Crippen LogP contribution is 2.26. The minimum Gasteiger partial charge on any atom is -0.383 e. The molecule has 8 nitrogen and oxygen atoms in total. The maximum atomic E-state index is 14.9. The van der Waals surface area contributed by atoms with Crippen molar-refractivity contribution in [3.8, 4) is 0 Å². The number of nitrogens with two attached hydrogens (primary N) is 1. The summed E-state index contributed by atoms with van der Waals surface area (Å²) >= 11 is 0. The number of carbonyl (C=O) groups excluding carboxylic acids is 1. The molecular weight excluding hydrogens is 385 g/mol. The molecule has 0 bridgehead atoms. The summed E-state index contributed by atoms with van der Waals surface area (Å²) in [5.41, 5.74) is 6.99. The lowest BCUT2D eigenvalue weighted by molar-refractivity contribution is 0.102. The highest BCUT2D eigenvalue weighted by molar-refractivity contribution is 6.17. The zero-order chi connectivity index (χ0) is 21.1. The minimum absolute atomic E-state index is 0.0267. The molecular formula is C21H20FN7O. The fourth-order valence-corrected chi connectivity index (χ4v) is 3.09. The van der Waals surface area contributed by atoms with Crippen LogP contribution in [0.25, 0.3) is 0 Å². The molecule has 3 aromatic rings. The van der Waals surface area contributed by atoms with E-state index in [2.05, 4.69) is 25.9 Å². The minimum atomic E-state index is -0.701. The number of carbonyl (C=O) groups is 1. The quantitative estimate of drug-likeness (QED) is 0.400. The molecule has 0 saturated carbocycles. The Hall–Kier alpha value is -3.85. The number of nitrogens with one attached hydrogen (secondary N) is 4. The molecule has 1 fully saturated rings. The fourth-order valence-electron chi connectivity index (χ4n) is 3.09. The number of halogens is 1. The van der Waals surface area contributed by atoms with Crippen molar-refractivity contribution in [3.63, 3.8) is 0 Å². The lowest BCUT2D eigenvalue weighted by Gasteiger charge is -2.30. The summed E-state index contributed by atoms with van der Waals surface area (Å²) in [6.45, 7) is 1.59. The zero-order valence-electron chi connectivity index (χ0n) is 15.9. The van der Waals surface area contributed by atoms with E-state index in [1.165, 1.54) is 12.1 Å². The second-order valence-corrected chi connectivity index (χ2v) is 6.86. The van der Waals surface area contributed by atoms with Gasteiger partial charge in [0.05, 0.1) is 17.3 Å². The molecule has 0 spiro atoms. The van der Waals surface area contributed by atoms with E-state index in [0.717, 1.165) is 19.2 Å². The lowest BCUT2D eigenvalue weighted by Crippen LogP contribution is -2.51. The lowest BCUT2D eigenvalue weighted by atomic mass is 9.98. The summed E-state index contributed by atoms with van der Waals surface area (Å²) in [6.07, 6.45) is 3.09. The van der Waals surface area contributed by atoms with Crippen molar-refractivity contribution in [2.45, 2.75) is 6.04 Å². The molecule has 9 heteroatoms. The number of pyridine rings is 2. The summed E-state index contributed by atoms with van der Waals surface area (Å²) in [5.74, 6) is -0.697. The summed E-state index contributed by atoms with van der Waals surface area (Å²) < 4.78 is 14.9. The molecule has 3 heterocycles. The third-order valence-corrected chi connectivity index (χ3v) is 4.78. The average Bonchev–Trinajstić information content (AvgIpc) is 2.71. The van der Waals surface area contributed by atoms with Crippen molar-refractivity contribution < 1.29 is 9.18 Å². The summed E-state index contributed by atoms with van der Waals surface area (Å²) in [6, 6.07) is 11.0. The maximum absolute atomic E-state index is 14.9. The Kier molecular flexibility index (Phi) is 5.36. The molecule has 6 N–H and O–H groups in total. The first-order valence-corrected chi connectivity index (χ1v) is 9.36. The Balaban J connectivity index is 1.59. The second kappa shape index (κ2) is 8.26. The molecule has 2 aromatic heterocycles. The topological polar surface area (TPSA) is 129 Å². The van der Waals surface area contributed by atoms with Crippen LogP contribution in [0.5, 0.6) is 0 Å². The van der Waals surface area contributed by atoms with E-state index in [4.69, 9.17) is 11.1 Å². The van der Waals surface area contributed by atoms with Crippen LogP contribution in [-0.2, 0) is 0 Å². The Morgan fingerprint density at radius 1 is 1.17 bits per heavy atom. The molecule has 4 rings (SSSR count). The van der Waals surface area contributed by atoms with Crippen molar-refractivity contribution in [2.75, 3.05) is 29.5 Å². The van der Waals surface area contributed by atoms with Gasteiger partial charge in [0.15, 0.2) is 0 Å². The van der Waals surface area contributed by atoms with Gasteiger partial charge in [-0.05, 0) is 36.4 Å². The van der Waals surface area contributed by atoms with Crippen molar-refractivity contribution in [1.29, 1.82) is 5.41 Å². The highest BCUT2D eigenvalue weighted by Gasteiger charge is 2.22. The summed E-state index contributed by atoms with van der Waals surface area (Å²) in [4.78, 5) is 20.4. The monoisotopic (exact) mass is 405 g/mol. The van der Waals surface area contributed by atoms with E-state index in [9.17, 15) is 9.18 Å². The van der Waals surface area contributed by atoms with Crippen LogP contribution in [0, 0.1) is 11.2 Å². The van der Waals surface area contributed by atoms with E-state index in [0.29, 0.717) is 17.1 Å². The molecule has 1 amide bonds. The predicted octanol–water partition coefficient (Wildman–Crippen LogP) is 2.25. The highest BCUT2D eigenvalue weighted by atomic mass is 19.1. The van der Waals surface area contributed by atoms with E-state index >= 15 is 0 Å². The smallest absolute Gasteiger partial charge is 0.256 e. The van der Waals surface area contributed by atoms with Gasteiger partial charge in [0.1, 0.15) is 17.5 Å². The Labute approximate surface area is 172 Å². The van der Waals surface area contributed by atoms with Crippen molar-refractivity contribution in [2.24, 2.45) is 0 Å². The first-order valence-electron chi connectivity index (χ1n) is 9.36. The normalized spacial score (nSPS) is 13.4. The fraction of sp³-hybridized carbons (Fsp3) is 0.143. The van der Waals surface area contributed by atoms with Crippen LogP contribution in [0.1, 0.15) is 21.5 Å². The van der Waals surface area contributed by atoms with Crippen LogP contribution >= 0.6 is 0 Å². The maximum Gasteiger partial charge on any atom is 0.256 e. The van der Waals surface area contributed by atoms with Crippen LogP contribution in [0.2, 0.25) is 0 Å². The Bertz CT molecular complexity index is 1100. The molecule has 1 saturated heterocycles. The molecule has 0 aliphatic carbocycles. The molecule has 0 atom stereocenters. The molecule has 1 aromatic carbocycles. The number of nitrogens with zero attached hydrogens (tertiary/aromatic N) is 2. The third kappa shape index (κ3) is 3.96. The van der Waals surface area contributed by atoms with Crippen molar-refractivity contribution in [1.82, 2.24) is 15.3 Å². The Morgan fingerprint density at radius 3 is 2.67 bits per heavy atom. The number of hydrogen-bond donors (Lipinski definition) is 5. The van der Waals surface area contributed by atoms with Gasteiger partial charge in [-0.3, -0.25) is 10.2 Å². The number of benzene rings is 1. The van der Waals surface area contributed by atoms with Crippen LogP contribution in [0.3, 0.4) is 0 Å². The molecule has 152 valence electrons. The van der Waals surface area contributed by atoms with Crippen LogP contribution < -0.4 is 21.7 Å². The summed E-state index contributed by atoms with van der Waals surface area (Å²) in [5, 5.41) is 17.6. The zero-order valence-corrected chi connectivity index (χ0v) is 15.9. The number of amides is 1. The second-order valence-electron chi connectivity index (χ2n) is 6.86. The molecule has 0 radical (unpaired) electrons. The van der Waals surface area contributed by atoms with Gasteiger partial charge in [-0.25, -0.2) is 14.4 Å². The van der Waals surface area contributed by atoms with E-state index in [1.807, 2.05) is 0 Å². The Morgan fingerprint density at radius 2 is 2.00 bits per heavy atom. The number of nitrogen functional groups attached to an aromatic ring is 1. The van der Waals surface area contributed by atoms with Gasteiger partial charge < -0.3 is 21.7 Å². The van der Waals surface area contributed by atoms with Crippen LogP contribution in [0.4, 0.5) is 21.7 Å². The average molecular weight is 405 g/mol. The third-order valence-electron chi connectivity index (χ3n) is 4.78. The van der Waals surface area contributed by atoms with Crippen molar-refractivity contribution in [3.05, 3.63) is 77.4 Å². The largest absolute Gasteiger partial charge is 0.383 e. The molecule has 0 unspecified atom stereocenters.